The maximum absolute atomic E-state index is 14.6. The number of nitrogens with one attached hydrogen (secondary N) is 1. The number of carboxylic acid groups (broad SMARTS) is 1. The van der Waals surface area contributed by atoms with E-state index in [2.05, 4.69) is 43.9 Å². The van der Waals surface area contributed by atoms with Crippen LogP contribution in [0.4, 0.5) is 24.5 Å². The number of hydrogen-bond donors (Lipinski definition) is 2. The summed E-state index contributed by atoms with van der Waals surface area (Å²) in [5.41, 5.74) is 1.81. The van der Waals surface area contributed by atoms with Crippen molar-refractivity contribution in [3.63, 3.8) is 0 Å². The molecule has 1 unspecified atom stereocenters. The van der Waals surface area contributed by atoms with Crippen molar-refractivity contribution >= 4 is 43.2 Å². The Labute approximate surface area is 301 Å². The first-order valence-corrected chi connectivity index (χ1v) is 19.7. The van der Waals surface area contributed by atoms with Gasteiger partial charge in [-0.1, -0.05) is 44.5 Å². The monoisotopic (exact) mass is 752 g/mol. The van der Waals surface area contributed by atoms with E-state index < -0.39 is 38.3 Å². The maximum atomic E-state index is 14.6. The molecule has 0 bridgehead atoms. The first-order valence-electron chi connectivity index (χ1n) is 16.4. The standard InChI is InChI=1S/C36H44ClF3N2O8Si/c1-35(2,3)51(5,6)49-17-16-48-31-18-24(37)10-12-29(31)33(41-25-19-27(46-4)21-28(20-25)47-15-7-8-32(43)44)34(45)42-14-13-23-9-11-26(22-30(23)42)50-36(38,39)40/h9-12,18-22,33,41H,7-8,13-17H2,1-6H3,(H,43,44). The van der Waals surface area contributed by atoms with Crippen LogP contribution in [-0.2, 0) is 20.4 Å². The molecule has 0 spiro atoms. The van der Waals surface area contributed by atoms with Crippen LogP contribution < -0.4 is 29.2 Å². The molecule has 0 aliphatic carbocycles. The third-order valence-corrected chi connectivity index (χ3v) is 13.6. The van der Waals surface area contributed by atoms with Crippen LogP contribution in [0.1, 0.15) is 50.8 Å². The second-order valence-electron chi connectivity index (χ2n) is 13.5. The average Bonchev–Trinajstić information content (AvgIpc) is 3.46. The van der Waals surface area contributed by atoms with Gasteiger partial charge >= 0.3 is 12.3 Å². The molecule has 1 heterocycles. The second kappa shape index (κ2) is 16.5. The molecule has 1 atom stereocenters. The van der Waals surface area contributed by atoms with Gasteiger partial charge in [0.2, 0.25) is 0 Å². The highest BCUT2D eigenvalue weighted by atomic mass is 35.5. The highest BCUT2D eigenvalue weighted by molar-refractivity contribution is 6.74. The Morgan fingerprint density at radius 2 is 1.69 bits per heavy atom. The van der Waals surface area contributed by atoms with E-state index in [1.165, 1.54) is 30.2 Å². The highest BCUT2D eigenvalue weighted by Gasteiger charge is 2.38. The molecule has 0 saturated heterocycles. The molecule has 51 heavy (non-hydrogen) atoms. The summed E-state index contributed by atoms with van der Waals surface area (Å²) in [5, 5.41) is 12.6. The number of methoxy groups -OCH3 is 1. The van der Waals surface area contributed by atoms with Gasteiger partial charge in [0, 0.05) is 53.5 Å². The number of ether oxygens (including phenoxy) is 4. The van der Waals surface area contributed by atoms with Gasteiger partial charge in [-0.15, -0.1) is 13.2 Å². The molecule has 10 nitrogen and oxygen atoms in total. The SMILES string of the molecule is COc1cc(NC(C(=O)N2CCc3ccc(OC(F)(F)F)cc32)c2ccc(Cl)cc2OCCO[Si](C)(C)C(C)(C)C)cc(OCCCC(=O)O)c1. The van der Waals surface area contributed by atoms with E-state index in [0.29, 0.717) is 57.8 Å². The number of carbonyl (C=O) groups excluding carboxylic acids is 1. The molecule has 3 aromatic carbocycles. The van der Waals surface area contributed by atoms with E-state index in [1.54, 1.807) is 36.4 Å². The van der Waals surface area contributed by atoms with Gasteiger partial charge in [-0.05, 0) is 54.7 Å². The van der Waals surface area contributed by atoms with E-state index >= 15 is 0 Å². The molecule has 2 N–H and O–H groups in total. The fraction of sp³-hybridized carbons (Fsp3) is 0.444. The van der Waals surface area contributed by atoms with E-state index in [0.717, 1.165) is 0 Å². The zero-order valence-electron chi connectivity index (χ0n) is 29.5. The van der Waals surface area contributed by atoms with Crippen LogP contribution in [0.15, 0.2) is 54.6 Å². The van der Waals surface area contributed by atoms with Crippen molar-refractivity contribution in [2.45, 2.75) is 70.6 Å². The van der Waals surface area contributed by atoms with E-state index in [1.807, 2.05) is 0 Å². The van der Waals surface area contributed by atoms with Crippen LogP contribution in [0, 0.1) is 0 Å². The summed E-state index contributed by atoms with van der Waals surface area (Å²) in [6, 6.07) is 12.6. The number of alkyl halides is 3. The van der Waals surface area contributed by atoms with E-state index in [4.69, 9.17) is 35.3 Å². The number of hydrogen-bond acceptors (Lipinski definition) is 8. The Bertz CT molecular complexity index is 1700. The summed E-state index contributed by atoms with van der Waals surface area (Å²) in [7, 11) is -0.608. The Hall–Kier alpha value is -4.14. The van der Waals surface area contributed by atoms with Crippen LogP contribution in [0.5, 0.6) is 23.0 Å². The molecular formula is C36H44ClF3N2O8Si. The Kier molecular flexibility index (Phi) is 12.8. The van der Waals surface area contributed by atoms with Gasteiger partial charge in [-0.2, -0.15) is 0 Å². The van der Waals surface area contributed by atoms with Crippen LogP contribution in [-0.4, -0.2) is 65.1 Å². The van der Waals surface area contributed by atoms with Gasteiger partial charge in [0.1, 0.15) is 35.6 Å². The predicted molar refractivity (Wildman–Crippen MR) is 191 cm³/mol. The van der Waals surface area contributed by atoms with Gasteiger partial charge in [-0.25, -0.2) is 0 Å². The predicted octanol–water partition coefficient (Wildman–Crippen LogP) is 8.63. The van der Waals surface area contributed by atoms with Crippen molar-refractivity contribution in [3.8, 4) is 23.0 Å². The third-order valence-electron chi connectivity index (χ3n) is 8.83. The number of rotatable bonds is 16. The third kappa shape index (κ3) is 10.9. The Morgan fingerprint density at radius 1 is 0.961 bits per heavy atom. The zero-order chi connectivity index (χ0) is 37.6. The smallest absolute Gasteiger partial charge is 0.497 e. The molecule has 3 aromatic rings. The number of aliphatic carboxylic acids is 1. The number of nitrogens with zero attached hydrogens (tertiary/aromatic N) is 1. The molecule has 1 aliphatic heterocycles. The largest absolute Gasteiger partial charge is 0.573 e. The summed E-state index contributed by atoms with van der Waals surface area (Å²) < 4.78 is 67.3. The quantitative estimate of drug-likeness (QED) is 0.110. The lowest BCUT2D eigenvalue weighted by atomic mass is 10.0. The van der Waals surface area contributed by atoms with E-state index in [9.17, 15) is 22.8 Å². The first-order chi connectivity index (χ1) is 23.9. The lowest BCUT2D eigenvalue weighted by molar-refractivity contribution is -0.274. The number of halogens is 4. The molecule has 0 radical (unpaired) electrons. The fourth-order valence-electron chi connectivity index (χ4n) is 5.19. The summed E-state index contributed by atoms with van der Waals surface area (Å²) >= 11 is 6.42. The number of amides is 1. The van der Waals surface area contributed by atoms with Crippen molar-refractivity contribution in [1.29, 1.82) is 0 Å². The molecule has 0 aromatic heterocycles. The molecule has 278 valence electrons. The number of carbonyl (C=O) groups is 2. The maximum Gasteiger partial charge on any atom is 0.573 e. The molecule has 4 rings (SSSR count). The van der Waals surface area contributed by atoms with Crippen LogP contribution in [0.2, 0.25) is 23.2 Å². The average molecular weight is 753 g/mol. The summed E-state index contributed by atoms with van der Waals surface area (Å²) in [6.07, 6.45) is -4.29. The molecule has 0 fully saturated rings. The van der Waals surface area contributed by atoms with Crippen molar-refractivity contribution < 1.29 is 51.2 Å². The Morgan fingerprint density at radius 3 is 2.35 bits per heavy atom. The van der Waals surface area contributed by atoms with Gasteiger partial charge in [0.05, 0.1) is 26.0 Å². The van der Waals surface area contributed by atoms with Crippen molar-refractivity contribution in [2.24, 2.45) is 0 Å². The highest BCUT2D eigenvalue weighted by Crippen LogP contribution is 2.40. The summed E-state index contributed by atoms with van der Waals surface area (Å²) in [5.74, 6) is -0.788. The number of carboxylic acids is 1. The minimum atomic E-state index is -4.91. The van der Waals surface area contributed by atoms with Crippen LogP contribution in [0.3, 0.4) is 0 Å². The molecule has 15 heteroatoms. The number of fused-ring (bicyclic) bond motifs is 1. The van der Waals surface area contributed by atoms with Crippen LogP contribution in [0.25, 0.3) is 0 Å². The molecule has 1 amide bonds. The number of benzene rings is 3. The van der Waals surface area contributed by atoms with Gasteiger partial charge in [0.25, 0.3) is 5.91 Å². The van der Waals surface area contributed by atoms with Gasteiger partial charge in [-0.3, -0.25) is 9.59 Å². The summed E-state index contributed by atoms with van der Waals surface area (Å²) in [4.78, 5) is 27.0. The first kappa shape index (κ1) is 39.6. The van der Waals surface area contributed by atoms with Gasteiger partial charge in [0.15, 0.2) is 8.32 Å². The Balaban J connectivity index is 1.70. The fourth-order valence-corrected chi connectivity index (χ4v) is 6.38. The lowest BCUT2D eigenvalue weighted by Gasteiger charge is -2.36. The molecule has 0 saturated carbocycles. The second-order valence-corrected chi connectivity index (χ2v) is 18.8. The lowest BCUT2D eigenvalue weighted by Crippen LogP contribution is -2.41. The van der Waals surface area contributed by atoms with E-state index in [-0.39, 0.29) is 37.6 Å². The minimum Gasteiger partial charge on any atom is -0.497 e. The van der Waals surface area contributed by atoms with Gasteiger partial charge < -0.3 is 38.7 Å². The topological polar surface area (TPSA) is 116 Å². The zero-order valence-corrected chi connectivity index (χ0v) is 31.2. The minimum absolute atomic E-state index is 0.0117. The summed E-state index contributed by atoms with van der Waals surface area (Å²) in [6.45, 7) is 11.5. The van der Waals surface area contributed by atoms with Crippen molar-refractivity contribution in [3.05, 3.63) is 70.7 Å². The normalized spacial score (nSPS) is 13.7. The molecular weight excluding hydrogens is 709 g/mol. The van der Waals surface area contributed by atoms with Crippen molar-refractivity contribution in [2.75, 3.05) is 43.7 Å². The van der Waals surface area contributed by atoms with Crippen LogP contribution >= 0.6 is 11.6 Å². The number of anilines is 2. The van der Waals surface area contributed by atoms with Crippen molar-refractivity contribution in [1.82, 2.24) is 0 Å². The molecule has 1 aliphatic rings.